The highest BCUT2D eigenvalue weighted by Crippen LogP contribution is 2.52. The zero-order valence-corrected chi connectivity index (χ0v) is 24.9. The summed E-state index contributed by atoms with van der Waals surface area (Å²) in [5.74, 6) is 0.220. The van der Waals surface area contributed by atoms with Crippen molar-refractivity contribution >= 4 is 65.8 Å². The van der Waals surface area contributed by atoms with Crippen LogP contribution in [0, 0.1) is 0 Å². The average Bonchev–Trinajstić information content (AvgIpc) is 3.69. The SMILES string of the molecule is NC1=Nc2c(ncn2[C@@H]2O[C@@H]3COP(O)(=S)OCCn4nc(-c5cncs5)nc4COP(O)(=S)O[C@@H]2[C@@H]3F)C(=O)C1. The van der Waals surface area contributed by atoms with E-state index in [-0.39, 0.29) is 55.1 Å². The molecule has 3 aromatic rings. The third-order valence-corrected chi connectivity index (χ3v) is 10.1. The summed E-state index contributed by atoms with van der Waals surface area (Å²) in [5.41, 5.74) is 7.42. The summed E-state index contributed by atoms with van der Waals surface area (Å²) in [6.07, 6.45) is -3.60. The van der Waals surface area contributed by atoms with Crippen molar-refractivity contribution < 1.29 is 41.8 Å². The van der Waals surface area contributed by atoms with E-state index in [1.165, 1.54) is 26.9 Å². The summed E-state index contributed by atoms with van der Waals surface area (Å²) >= 11 is 11.6. The average molecular weight is 667 g/mol. The Hall–Kier alpha value is -1.93. The Morgan fingerprint density at radius 2 is 2.05 bits per heavy atom. The van der Waals surface area contributed by atoms with Crippen molar-refractivity contribution in [3.63, 3.8) is 0 Å². The molecule has 6 heterocycles. The lowest BCUT2D eigenvalue weighted by molar-refractivity contribution is -0.0474. The Bertz CT molecular complexity index is 1600. The van der Waals surface area contributed by atoms with Crippen LogP contribution in [-0.2, 0) is 59.6 Å². The molecule has 0 radical (unpaired) electrons. The number of halogens is 1. The Labute approximate surface area is 244 Å². The maximum absolute atomic E-state index is 15.8. The Morgan fingerprint density at radius 3 is 2.83 bits per heavy atom. The lowest BCUT2D eigenvalue weighted by atomic mass is 10.1. The number of hydrogen-bond donors (Lipinski definition) is 3. The predicted molar refractivity (Wildman–Crippen MR) is 147 cm³/mol. The van der Waals surface area contributed by atoms with Crippen LogP contribution in [0.4, 0.5) is 10.2 Å². The van der Waals surface area contributed by atoms with Crippen LogP contribution in [0.15, 0.2) is 23.0 Å². The molecule has 220 valence electrons. The van der Waals surface area contributed by atoms with Gasteiger partial charge in [-0.05, 0) is 23.6 Å². The van der Waals surface area contributed by atoms with Crippen molar-refractivity contribution in [1.29, 1.82) is 0 Å². The van der Waals surface area contributed by atoms with Crippen molar-refractivity contribution in [2.24, 2.45) is 10.7 Å². The molecule has 6 rings (SSSR count). The van der Waals surface area contributed by atoms with Gasteiger partial charge in [-0.25, -0.2) is 24.0 Å². The summed E-state index contributed by atoms with van der Waals surface area (Å²) in [4.78, 5) is 51.3. The normalized spacial score (nSPS) is 33.0. The highest BCUT2D eigenvalue weighted by Gasteiger charge is 2.51. The molecule has 16 nitrogen and oxygen atoms in total. The van der Waals surface area contributed by atoms with Crippen LogP contribution in [-0.4, -0.2) is 82.3 Å². The second kappa shape index (κ2) is 11.3. The summed E-state index contributed by atoms with van der Waals surface area (Å²) in [6.45, 7) is -8.96. The van der Waals surface area contributed by atoms with Crippen molar-refractivity contribution in [3.05, 3.63) is 29.6 Å². The number of imidazole rings is 1. The number of aromatic nitrogens is 6. The van der Waals surface area contributed by atoms with E-state index in [0.717, 1.165) is 0 Å². The third-order valence-electron chi connectivity index (χ3n) is 6.13. The maximum Gasteiger partial charge on any atom is 0.325 e. The van der Waals surface area contributed by atoms with E-state index >= 15 is 4.39 Å². The standard InChI is InChI=1S/C19H21FN8O8P2S3/c20-14-10-5-33-37(30,39)32-2-1-28-13(25-17(26-28)11-4-22-8-41-11)6-34-38(31,40)36-16(14)19(35-10)27-7-23-15-9(29)3-12(21)24-18(15)27/h4,7-8,10,14,16,19H,1-3,5-6H2,(H2,21,24)(H,30,39)(H,31,40)/t10-,14-,16-,19-,37?,38?/m1/s1. The zero-order chi connectivity index (χ0) is 28.9. The number of carbonyl (C=O) groups excluding carboxylic acids is 1. The van der Waals surface area contributed by atoms with Crippen molar-refractivity contribution in [2.45, 2.75) is 44.2 Å². The van der Waals surface area contributed by atoms with Gasteiger partial charge in [-0.2, -0.15) is 0 Å². The quantitative estimate of drug-likeness (QED) is 0.332. The van der Waals surface area contributed by atoms with Gasteiger partial charge in [-0.1, -0.05) is 0 Å². The summed E-state index contributed by atoms with van der Waals surface area (Å²) in [5, 5.41) is 4.41. The Morgan fingerprint density at radius 1 is 1.22 bits per heavy atom. The first-order valence-electron chi connectivity index (χ1n) is 11.8. The van der Waals surface area contributed by atoms with Crippen molar-refractivity contribution in [3.8, 4) is 10.7 Å². The number of hydrogen-bond acceptors (Lipinski definition) is 15. The van der Waals surface area contributed by atoms with E-state index in [9.17, 15) is 14.6 Å². The molecule has 2 bridgehead atoms. The Balaban J connectivity index is 1.33. The molecule has 0 amide bonds. The number of alkyl halides is 1. The first-order valence-corrected chi connectivity index (χ1v) is 17.9. The van der Waals surface area contributed by atoms with E-state index in [1.807, 2.05) is 0 Å². The highest BCUT2D eigenvalue weighted by molar-refractivity contribution is 8.07. The van der Waals surface area contributed by atoms with Gasteiger partial charge in [0.15, 0.2) is 41.3 Å². The lowest BCUT2D eigenvalue weighted by Crippen LogP contribution is -2.32. The van der Waals surface area contributed by atoms with E-state index < -0.39 is 44.7 Å². The highest BCUT2D eigenvalue weighted by atomic mass is 32.5. The number of carbonyl (C=O) groups is 1. The van der Waals surface area contributed by atoms with Crippen LogP contribution in [0.3, 0.4) is 0 Å². The molecule has 3 aliphatic rings. The van der Waals surface area contributed by atoms with Gasteiger partial charge in [0.2, 0.25) is 0 Å². The Kier molecular flexibility index (Phi) is 8.03. The summed E-state index contributed by atoms with van der Waals surface area (Å²) < 4.78 is 46.4. The van der Waals surface area contributed by atoms with Gasteiger partial charge >= 0.3 is 13.4 Å². The van der Waals surface area contributed by atoms with Gasteiger partial charge in [-0.3, -0.25) is 18.9 Å². The van der Waals surface area contributed by atoms with Crippen LogP contribution in [0.25, 0.3) is 10.7 Å². The number of ether oxygens (including phenoxy) is 1. The number of rotatable bonds is 2. The van der Waals surface area contributed by atoms with E-state index in [4.69, 9.17) is 52.2 Å². The fourth-order valence-corrected chi connectivity index (χ4v) is 7.30. The molecule has 6 atom stereocenters. The largest absolute Gasteiger partial charge is 0.387 e. The van der Waals surface area contributed by atoms with Gasteiger partial charge in [-0.15, -0.1) is 16.4 Å². The summed E-state index contributed by atoms with van der Waals surface area (Å²) in [6, 6.07) is 0. The molecule has 0 aromatic carbocycles. The molecule has 22 heteroatoms. The first kappa shape index (κ1) is 29.2. The number of ketones is 1. The van der Waals surface area contributed by atoms with Crippen LogP contribution < -0.4 is 5.73 Å². The molecular formula is C19H21FN8O8P2S3. The number of fused-ring (bicyclic) bond motifs is 4. The van der Waals surface area contributed by atoms with Gasteiger partial charge in [0.05, 0.1) is 42.9 Å². The molecule has 0 saturated carbocycles. The molecule has 0 aliphatic carbocycles. The third kappa shape index (κ3) is 6.11. The molecule has 3 aromatic heterocycles. The monoisotopic (exact) mass is 666 g/mol. The van der Waals surface area contributed by atoms with Crippen LogP contribution in [0.5, 0.6) is 0 Å². The van der Waals surface area contributed by atoms with E-state index in [2.05, 4.69) is 25.0 Å². The number of nitrogens with two attached hydrogens (primary N) is 1. The lowest BCUT2D eigenvalue weighted by Gasteiger charge is -2.26. The predicted octanol–water partition coefficient (Wildman–Crippen LogP) is 1.49. The van der Waals surface area contributed by atoms with E-state index in [1.54, 1.807) is 11.7 Å². The zero-order valence-electron chi connectivity index (χ0n) is 20.6. The molecule has 0 spiro atoms. The van der Waals surface area contributed by atoms with Gasteiger partial charge in [0.1, 0.15) is 24.7 Å². The minimum Gasteiger partial charge on any atom is -0.387 e. The number of thiazole rings is 1. The minimum absolute atomic E-state index is 0.00817. The van der Waals surface area contributed by atoms with Gasteiger partial charge in [0, 0.05) is 6.20 Å². The molecule has 2 unspecified atom stereocenters. The molecule has 41 heavy (non-hydrogen) atoms. The van der Waals surface area contributed by atoms with E-state index in [0.29, 0.717) is 10.7 Å². The fraction of sp³-hybridized carbons (Fsp3) is 0.474. The number of aliphatic imine (C=N–C) groups is 1. The van der Waals surface area contributed by atoms with Crippen LogP contribution in [0.1, 0.15) is 29.0 Å². The van der Waals surface area contributed by atoms with Gasteiger partial charge in [0.25, 0.3) is 0 Å². The molecule has 3 aliphatic heterocycles. The maximum atomic E-state index is 15.8. The van der Waals surface area contributed by atoms with Crippen LogP contribution in [0.2, 0.25) is 0 Å². The number of Topliss-reactive ketones (excluding diaryl/α,β-unsaturated/α-hetero) is 1. The number of amidine groups is 1. The van der Waals surface area contributed by atoms with Crippen molar-refractivity contribution in [2.75, 3.05) is 13.2 Å². The van der Waals surface area contributed by atoms with Crippen molar-refractivity contribution in [1.82, 2.24) is 29.3 Å². The smallest absolute Gasteiger partial charge is 0.325 e. The van der Waals surface area contributed by atoms with Crippen LogP contribution >= 0.6 is 24.8 Å². The molecule has 1 saturated heterocycles. The van der Waals surface area contributed by atoms with Gasteiger partial charge < -0.3 is 33.8 Å². The second-order valence-electron chi connectivity index (χ2n) is 8.89. The summed E-state index contributed by atoms with van der Waals surface area (Å²) in [7, 11) is 0. The molecule has 4 N–H and O–H groups in total. The molecule has 1 fully saturated rings. The fourth-order valence-electron chi connectivity index (χ4n) is 4.30. The minimum atomic E-state index is -4.16. The second-order valence-corrected chi connectivity index (χ2v) is 15.4. The molecular weight excluding hydrogens is 645 g/mol. The number of nitrogens with zero attached hydrogens (tertiary/aromatic N) is 7. The first-order chi connectivity index (χ1) is 19.5. The topological polar surface area (TPSA) is 203 Å².